The first-order chi connectivity index (χ1) is 16.9. The molecule has 1 aliphatic heterocycles. The van der Waals surface area contributed by atoms with Crippen LogP contribution in [0.2, 0.25) is 0 Å². The van der Waals surface area contributed by atoms with Gasteiger partial charge >= 0.3 is 0 Å². The molecule has 4 rings (SSSR count). The number of rotatable bonds is 9. The number of carbonyl (C=O) groups excluding carboxylic acids is 1. The molecule has 3 aromatic carbocycles. The first-order valence-electron chi connectivity index (χ1n) is 11.7. The number of benzene rings is 3. The van der Waals surface area contributed by atoms with Gasteiger partial charge in [0.2, 0.25) is 0 Å². The summed E-state index contributed by atoms with van der Waals surface area (Å²) >= 11 is 0. The number of hydrogen-bond donors (Lipinski definition) is 2. The van der Waals surface area contributed by atoms with Gasteiger partial charge in [0.25, 0.3) is 15.9 Å². The maximum atomic E-state index is 13.0. The summed E-state index contributed by atoms with van der Waals surface area (Å²) in [6, 6.07) is 21.0. The summed E-state index contributed by atoms with van der Waals surface area (Å²) in [5.41, 5.74) is 2.82. The topological polar surface area (TPSA) is 87.7 Å². The Kier molecular flexibility index (Phi) is 7.73. The number of nitrogens with zero attached hydrogens (tertiary/aromatic N) is 1. The van der Waals surface area contributed by atoms with Gasteiger partial charge in [0.05, 0.1) is 18.0 Å². The number of sulfonamides is 1. The summed E-state index contributed by atoms with van der Waals surface area (Å²) in [5, 5.41) is 3.01. The lowest BCUT2D eigenvalue weighted by Crippen LogP contribution is -2.37. The van der Waals surface area contributed by atoms with Crippen LogP contribution < -0.4 is 14.8 Å². The van der Waals surface area contributed by atoms with Gasteiger partial charge in [0.15, 0.2) is 0 Å². The zero-order chi connectivity index (χ0) is 24.8. The summed E-state index contributed by atoms with van der Waals surface area (Å²) in [4.78, 5) is 15.4. The van der Waals surface area contributed by atoms with E-state index in [4.69, 9.17) is 4.74 Å². The van der Waals surface area contributed by atoms with Crippen LogP contribution in [0.3, 0.4) is 0 Å². The third kappa shape index (κ3) is 6.01. The Balaban J connectivity index is 1.50. The Bertz CT molecular complexity index is 1270. The highest BCUT2D eigenvalue weighted by molar-refractivity contribution is 7.92. The lowest BCUT2D eigenvalue weighted by Gasteiger charge is -2.29. The Morgan fingerprint density at radius 2 is 1.71 bits per heavy atom. The van der Waals surface area contributed by atoms with Crippen molar-refractivity contribution < 1.29 is 17.9 Å². The zero-order valence-corrected chi connectivity index (χ0v) is 20.8. The first kappa shape index (κ1) is 24.8. The molecule has 7 nitrogen and oxygen atoms in total. The van der Waals surface area contributed by atoms with Crippen LogP contribution in [0.25, 0.3) is 0 Å². The summed E-state index contributed by atoms with van der Waals surface area (Å²) in [7, 11) is -2.19. The molecule has 0 spiro atoms. The average Bonchev–Trinajstić information content (AvgIpc) is 3.40. The third-order valence-electron chi connectivity index (χ3n) is 6.25. The standard InChI is InChI=1S/C27H31N3O4S/c1-20-12-14-22(15-13-20)29-35(32,33)23-9-7-8-21(18-23)27(31)28-19-25(30-16-5-6-17-30)24-10-3-4-11-26(24)34-2/h3-4,7-15,18,25,29H,5-6,16-17,19H2,1-2H3,(H,28,31)/t25-/m0/s1. The van der Waals surface area contributed by atoms with Crippen LogP contribution in [0.15, 0.2) is 77.7 Å². The molecular formula is C27H31N3O4S. The summed E-state index contributed by atoms with van der Waals surface area (Å²) in [6.07, 6.45) is 2.24. The van der Waals surface area contributed by atoms with E-state index in [2.05, 4.69) is 14.9 Å². The summed E-state index contributed by atoms with van der Waals surface area (Å²) in [5.74, 6) is 0.463. The number of para-hydroxylation sites is 1. The van der Waals surface area contributed by atoms with Gasteiger partial charge < -0.3 is 10.1 Å². The van der Waals surface area contributed by atoms with E-state index in [1.165, 1.54) is 12.1 Å². The minimum Gasteiger partial charge on any atom is -0.496 e. The molecule has 0 radical (unpaired) electrons. The SMILES string of the molecule is COc1ccccc1[C@H](CNC(=O)c1cccc(S(=O)(=O)Nc2ccc(C)cc2)c1)N1CCCC1. The van der Waals surface area contributed by atoms with Gasteiger partial charge in [-0.25, -0.2) is 8.42 Å². The molecule has 1 atom stereocenters. The molecular weight excluding hydrogens is 462 g/mol. The van der Waals surface area contributed by atoms with E-state index in [0.717, 1.165) is 42.8 Å². The number of ether oxygens (including phenoxy) is 1. The van der Waals surface area contributed by atoms with Crippen LogP contribution in [0.4, 0.5) is 5.69 Å². The predicted molar refractivity (Wildman–Crippen MR) is 137 cm³/mol. The third-order valence-corrected chi connectivity index (χ3v) is 7.62. The van der Waals surface area contributed by atoms with Crippen molar-refractivity contribution in [1.82, 2.24) is 10.2 Å². The monoisotopic (exact) mass is 493 g/mol. The molecule has 1 aliphatic rings. The Hall–Kier alpha value is -3.36. The number of anilines is 1. The molecule has 35 heavy (non-hydrogen) atoms. The van der Waals surface area contributed by atoms with Crippen LogP contribution in [-0.2, 0) is 10.0 Å². The van der Waals surface area contributed by atoms with Gasteiger partial charge in [-0.2, -0.15) is 0 Å². The molecule has 1 fully saturated rings. The fourth-order valence-corrected chi connectivity index (χ4v) is 5.47. The molecule has 184 valence electrons. The molecule has 8 heteroatoms. The predicted octanol–water partition coefficient (Wildman–Crippen LogP) is 4.37. The van der Waals surface area contributed by atoms with Crippen molar-refractivity contribution >= 4 is 21.6 Å². The molecule has 0 aliphatic carbocycles. The van der Waals surface area contributed by atoms with Gasteiger partial charge in [0, 0.05) is 23.4 Å². The molecule has 0 saturated carbocycles. The van der Waals surface area contributed by atoms with Crippen LogP contribution >= 0.6 is 0 Å². The Labute approximate surface area is 207 Å². The highest BCUT2D eigenvalue weighted by Gasteiger charge is 2.26. The zero-order valence-electron chi connectivity index (χ0n) is 20.0. The maximum Gasteiger partial charge on any atom is 0.261 e. The average molecular weight is 494 g/mol. The summed E-state index contributed by atoms with van der Waals surface area (Å²) in [6.45, 7) is 4.23. The Morgan fingerprint density at radius 1 is 1.00 bits per heavy atom. The number of nitrogens with one attached hydrogen (secondary N) is 2. The van der Waals surface area contributed by atoms with E-state index in [1.54, 1.807) is 31.4 Å². The van der Waals surface area contributed by atoms with Crippen LogP contribution in [-0.4, -0.2) is 46.0 Å². The van der Waals surface area contributed by atoms with E-state index in [9.17, 15) is 13.2 Å². The highest BCUT2D eigenvalue weighted by atomic mass is 32.2. The van der Waals surface area contributed by atoms with Gasteiger partial charge in [-0.1, -0.05) is 42.0 Å². The van der Waals surface area contributed by atoms with Crippen LogP contribution in [0.1, 0.15) is 40.4 Å². The van der Waals surface area contributed by atoms with Crippen molar-refractivity contribution in [2.45, 2.75) is 30.7 Å². The molecule has 1 heterocycles. The number of likely N-dealkylation sites (tertiary alicyclic amines) is 1. The number of hydrogen-bond acceptors (Lipinski definition) is 5. The van der Waals surface area contributed by atoms with Crippen molar-refractivity contribution in [3.05, 3.63) is 89.5 Å². The van der Waals surface area contributed by atoms with E-state index in [-0.39, 0.29) is 22.4 Å². The number of amides is 1. The number of aryl methyl sites for hydroxylation is 1. The Morgan fingerprint density at radius 3 is 2.43 bits per heavy atom. The second-order valence-electron chi connectivity index (χ2n) is 8.71. The number of methoxy groups -OCH3 is 1. The normalized spacial score (nSPS) is 14.9. The van der Waals surface area contributed by atoms with Gasteiger partial charge in [-0.05, 0) is 69.3 Å². The van der Waals surface area contributed by atoms with Gasteiger partial charge in [0.1, 0.15) is 5.75 Å². The fraction of sp³-hybridized carbons (Fsp3) is 0.296. The van der Waals surface area contributed by atoms with E-state index < -0.39 is 10.0 Å². The smallest absolute Gasteiger partial charge is 0.261 e. The fourth-order valence-electron chi connectivity index (χ4n) is 4.36. The second kappa shape index (κ2) is 10.9. The molecule has 0 aromatic heterocycles. The van der Waals surface area contributed by atoms with Crippen molar-refractivity contribution in [2.75, 3.05) is 31.5 Å². The largest absolute Gasteiger partial charge is 0.496 e. The molecule has 3 aromatic rings. The van der Waals surface area contributed by atoms with Crippen molar-refractivity contribution in [3.63, 3.8) is 0 Å². The van der Waals surface area contributed by atoms with E-state index in [1.807, 2.05) is 43.3 Å². The van der Waals surface area contributed by atoms with Crippen LogP contribution in [0.5, 0.6) is 5.75 Å². The van der Waals surface area contributed by atoms with Crippen LogP contribution in [0, 0.1) is 6.92 Å². The van der Waals surface area contributed by atoms with E-state index >= 15 is 0 Å². The maximum absolute atomic E-state index is 13.0. The van der Waals surface area contributed by atoms with Crippen molar-refractivity contribution in [1.29, 1.82) is 0 Å². The quantitative estimate of drug-likeness (QED) is 0.462. The highest BCUT2D eigenvalue weighted by Crippen LogP contribution is 2.31. The lowest BCUT2D eigenvalue weighted by molar-refractivity contribution is 0.0937. The van der Waals surface area contributed by atoms with Gasteiger partial charge in [-0.15, -0.1) is 0 Å². The molecule has 2 N–H and O–H groups in total. The minimum absolute atomic E-state index is 0.0338. The summed E-state index contributed by atoms with van der Waals surface area (Å²) < 4.78 is 33.9. The number of carbonyl (C=O) groups is 1. The minimum atomic E-state index is -3.83. The van der Waals surface area contributed by atoms with Crippen molar-refractivity contribution in [3.8, 4) is 5.75 Å². The molecule has 1 saturated heterocycles. The van der Waals surface area contributed by atoms with E-state index in [0.29, 0.717) is 12.2 Å². The van der Waals surface area contributed by atoms with Crippen molar-refractivity contribution in [2.24, 2.45) is 0 Å². The molecule has 0 unspecified atom stereocenters. The first-order valence-corrected chi connectivity index (χ1v) is 13.2. The molecule has 1 amide bonds. The molecule has 0 bridgehead atoms. The van der Waals surface area contributed by atoms with Gasteiger partial charge in [-0.3, -0.25) is 14.4 Å². The second-order valence-corrected chi connectivity index (χ2v) is 10.4. The lowest BCUT2D eigenvalue weighted by atomic mass is 10.0.